The van der Waals surface area contributed by atoms with Crippen molar-refractivity contribution in [3.63, 3.8) is 0 Å². The maximum absolute atomic E-state index is 6.84. The van der Waals surface area contributed by atoms with Gasteiger partial charge in [-0.15, -0.1) is 0 Å². The van der Waals surface area contributed by atoms with Gasteiger partial charge in [0.1, 0.15) is 0 Å². The molecule has 52 valence electrons. The number of nitrogens with two attached hydrogens (primary N) is 1. The summed E-state index contributed by atoms with van der Waals surface area (Å²) in [6.07, 6.45) is 0. The summed E-state index contributed by atoms with van der Waals surface area (Å²) in [5.41, 5.74) is 4.32. The van der Waals surface area contributed by atoms with E-state index in [4.69, 9.17) is 14.9 Å². The summed E-state index contributed by atoms with van der Waals surface area (Å²) in [7, 11) is 0. The zero-order valence-electron chi connectivity index (χ0n) is 3.74. The molecule has 0 fully saturated rings. The molecule has 0 heterocycles. The van der Waals surface area contributed by atoms with Crippen LogP contribution < -0.4 is 39.8 Å². The van der Waals surface area contributed by atoms with Crippen molar-refractivity contribution in [3.8, 4) is 0 Å². The van der Waals surface area contributed by atoms with E-state index in [0.29, 0.717) is 0 Å². The van der Waals surface area contributed by atoms with Gasteiger partial charge in [-0.3, -0.25) is 0 Å². The molecule has 0 aliphatic heterocycles. The zero-order valence-corrected chi connectivity index (χ0v) is 8.06. The SMILES string of the molecule is [NH-][NH+](NNN)O[I-]I. The molecule has 0 aromatic carbocycles. The molecule has 6 nitrogen and oxygen atoms in total. The van der Waals surface area contributed by atoms with Gasteiger partial charge in [0.2, 0.25) is 0 Å². The molecule has 0 aliphatic carbocycles. The predicted octanol–water partition coefficient (Wildman–Crippen LogP) is -4.99. The Morgan fingerprint density at radius 1 is 1.88 bits per heavy atom. The van der Waals surface area contributed by atoms with E-state index in [9.17, 15) is 0 Å². The van der Waals surface area contributed by atoms with Gasteiger partial charge in [0, 0.05) is 0 Å². The van der Waals surface area contributed by atoms with Crippen LogP contribution in [0.3, 0.4) is 0 Å². The Hall–Kier alpha value is 1.22. The van der Waals surface area contributed by atoms with Crippen LogP contribution in [0.25, 0.3) is 5.84 Å². The molecule has 8 heavy (non-hydrogen) atoms. The molecule has 0 aliphatic rings. The van der Waals surface area contributed by atoms with E-state index < -0.39 is 0 Å². The van der Waals surface area contributed by atoms with Gasteiger partial charge in [-0.05, 0) is 0 Å². The van der Waals surface area contributed by atoms with Crippen LogP contribution in [0, 0.1) is 0 Å². The summed E-state index contributed by atoms with van der Waals surface area (Å²) < 4.78 is 4.71. The quantitative estimate of drug-likeness (QED) is 0.233. The van der Waals surface area contributed by atoms with Crippen LogP contribution in [-0.2, 0) is 3.17 Å². The standard InChI is InChI=1S/H6I2N5O/c1-2-8-7(4)6-5-3/h4-7H,3H2/q-1. The maximum atomic E-state index is 6.84. The molecule has 0 aromatic heterocycles. The van der Waals surface area contributed by atoms with Crippen LogP contribution >= 0.6 is 18.6 Å². The fourth-order valence-corrected chi connectivity index (χ4v) is 1.51. The molecule has 0 spiro atoms. The van der Waals surface area contributed by atoms with Crippen molar-refractivity contribution < 1.29 is 26.1 Å². The van der Waals surface area contributed by atoms with Gasteiger partial charge < -0.3 is 0 Å². The Balaban J connectivity index is 2.92. The second-order valence-electron chi connectivity index (χ2n) is 0.734. The second-order valence-corrected chi connectivity index (χ2v) is 3.74. The van der Waals surface area contributed by atoms with E-state index in [-0.39, 0.29) is 22.9 Å². The van der Waals surface area contributed by atoms with Crippen LogP contribution in [0.4, 0.5) is 0 Å². The Morgan fingerprint density at radius 3 is 2.88 bits per heavy atom. The normalized spacial score (nSPS) is 14.4. The summed E-state index contributed by atoms with van der Waals surface area (Å²) in [6.45, 7) is 0. The minimum absolute atomic E-state index is 0.0327. The van der Waals surface area contributed by atoms with Crippen molar-refractivity contribution in [3.05, 3.63) is 5.84 Å². The summed E-state index contributed by atoms with van der Waals surface area (Å²) in [6, 6.07) is 0. The van der Waals surface area contributed by atoms with E-state index in [0.717, 1.165) is 0 Å². The van der Waals surface area contributed by atoms with Crippen molar-refractivity contribution >= 4 is 18.6 Å². The first-order valence-corrected chi connectivity index (χ1v) is 8.71. The molecule has 0 aromatic rings. The monoisotopic (exact) mass is 346 g/mol. The molecular weight excluding hydrogens is 340 g/mol. The number of hydrazine groups is 2. The number of rotatable bonds is 4. The first-order chi connectivity index (χ1) is 3.81. The summed E-state index contributed by atoms with van der Waals surface area (Å²) in [5, 5.41) is -0.0327. The third-order valence-corrected chi connectivity index (χ3v) is 2.02. The van der Waals surface area contributed by atoms with Gasteiger partial charge >= 0.3 is 67.5 Å². The first kappa shape index (κ1) is 9.22. The first-order valence-electron chi connectivity index (χ1n) is 1.54. The van der Waals surface area contributed by atoms with Crippen molar-refractivity contribution in [1.82, 2.24) is 11.1 Å². The van der Waals surface area contributed by atoms with E-state index in [2.05, 4.69) is 29.7 Å². The zero-order chi connectivity index (χ0) is 6.41. The summed E-state index contributed by atoms with van der Waals surface area (Å²) in [5.74, 6) is 11.6. The summed E-state index contributed by atoms with van der Waals surface area (Å²) >= 11 is 1.72. The van der Waals surface area contributed by atoms with E-state index in [1.54, 1.807) is 0 Å². The van der Waals surface area contributed by atoms with E-state index in [1.165, 1.54) is 0 Å². The fraction of sp³-hybridized carbons (Fsp3) is 0. The van der Waals surface area contributed by atoms with Crippen LogP contribution in [0.1, 0.15) is 0 Å². The Bertz CT molecular complexity index is 43.7. The average Bonchev–Trinajstić information content (AvgIpc) is 1.68. The number of hydrogen-bond donors (Lipinski definition) is 4. The molecule has 6 N–H and O–H groups in total. The van der Waals surface area contributed by atoms with Crippen molar-refractivity contribution in [1.29, 1.82) is 0 Å². The number of quaternary nitrogens is 1. The Morgan fingerprint density at radius 2 is 2.50 bits per heavy atom. The number of halogens is 2. The molecule has 0 saturated heterocycles. The van der Waals surface area contributed by atoms with Crippen molar-refractivity contribution in [2.45, 2.75) is 0 Å². The van der Waals surface area contributed by atoms with Gasteiger partial charge in [-0.25, -0.2) is 0 Å². The molecule has 1 unspecified atom stereocenters. The minimum atomic E-state index is -0.358. The molecule has 1 atom stereocenters. The van der Waals surface area contributed by atoms with Crippen LogP contribution in [0.5, 0.6) is 0 Å². The molecular formula is H6I2N5O-. The fourth-order valence-electron chi connectivity index (χ4n) is 0.114. The Kier molecular flexibility index (Phi) is 7.31. The van der Waals surface area contributed by atoms with Crippen LogP contribution in [0.15, 0.2) is 0 Å². The molecule has 0 radical (unpaired) electrons. The van der Waals surface area contributed by atoms with Gasteiger partial charge in [0.15, 0.2) is 0 Å². The number of nitrogens with one attached hydrogen (secondary N) is 4. The molecule has 0 bridgehead atoms. The van der Waals surface area contributed by atoms with Gasteiger partial charge in [0.25, 0.3) is 0 Å². The van der Waals surface area contributed by atoms with Crippen LogP contribution in [-0.4, -0.2) is 0 Å². The second kappa shape index (κ2) is 6.34. The number of hydrogen-bond acceptors (Lipinski definition) is 4. The van der Waals surface area contributed by atoms with Gasteiger partial charge in [0.05, 0.1) is 0 Å². The Labute approximate surface area is 67.1 Å². The third-order valence-electron chi connectivity index (χ3n) is 0.292. The van der Waals surface area contributed by atoms with Gasteiger partial charge in [-0.1, -0.05) is 0 Å². The molecule has 0 amide bonds. The van der Waals surface area contributed by atoms with E-state index in [1.807, 2.05) is 0 Å². The van der Waals surface area contributed by atoms with Crippen LogP contribution in [0.2, 0.25) is 0 Å². The molecule has 8 heteroatoms. The third kappa shape index (κ3) is 5.36. The van der Waals surface area contributed by atoms with Gasteiger partial charge in [-0.2, -0.15) is 0 Å². The van der Waals surface area contributed by atoms with Crippen molar-refractivity contribution in [2.75, 3.05) is 0 Å². The van der Waals surface area contributed by atoms with E-state index >= 15 is 0 Å². The average molecular weight is 346 g/mol. The van der Waals surface area contributed by atoms with Crippen molar-refractivity contribution in [2.24, 2.45) is 5.84 Å². The summed E-state index contributed by atoms with van der Waals surface area (Å²) in [4.78, 5) is 0. The molecule has 0 saturated carbocycles. The molecule has 0 rings (SSSR count). The topological polar surface area (TPSA) is 87.6 Å². The predicted molar refractivity (Wildman–Crippen MR) is 30.8 cm³/mol.